The molecule has 0 atom stereocenters. The molecule has 1 fully saturated rings. The first-order valence-electron chi connectivity index (χ1n) is 10.3. The van der Waals surface area contributed by atoms with Gasteiger partial charge in [0, 0.05) is 36.2 Å². The molecule has 1 saturated heterocycles. The van der Waals surface area contributed by atoms with Crippen LogP contribution in [0, 0.1) is 6.92 Å². The van der Waals surface area contributed by atoms with E-state index in [9.17, 15) is 0 Å². The van der Waals surface area contributed by atoms with E-state index in [2.05, 4.69) is 39.5 Å². The van der Waals surface area contributed by atoms with E-state index in [1.165, 1.54) is 5.69 Å². The lowest BCUT2D eigenvalue weighted by atomic mass is 10.2. The van der Waals surface area contributed by atoms with Crippen molar-refractivity contribution in [2.24, 2.45) is 0 Å². The summed E-state index contributed by atoms with van der Waals surface area (Å²) in [5.41, 5.74) is 5.16. The highest BCUT2D eigenvalue weighted by Crippen LogP contribution is 2.35. The minimum atomic E-state index is 0.577. The number of nitrogens with one attached hydrogen (secondary N) is 1. The zero-order chi connectivity index (χ0) is 21.0. The molecule has 0 unspecified atom stereocenters. The highest BCUT2D eigenvalue weighted by atomic mass is 32.1. The lowest BCUT2D eigenvalue weighted by Crippen LogP contribution is -2.36. The van der Waals surface area contributed by atoms with Gasteiger partial charge in [-0.05, 0) is 49.4 Å². The molecule has 1 aliphatic heterocycles. The minimum Gasteiger partial charge on any atom is -0.378 e. The van der Waals surface area contributed by atoms with Gasteiger partial charge in [-0.3, -0.25) is 0 Å². The van der Waals surface area contributed by atoms with E-state index < -0.39 is 0 Å². The maximum atomic E-state index is 5.45. The number of benzene rings is 2. The molecule has 0 radical (unpaired) electrons. The molecule has 1 N–H and O–H groups in total. The maximum Gasteiger partial charge on any atom is 0.227 e. The van der Waals surface area contributed by atoms with Gasteiger partial charge in [0.2, 0.25) is 5.95 Å². The zero-order valence-electron chi connectivity index (χ0n) is 17.3. The number of para-hydroxylation sites is 1. The summed E-state index contributed by atoms with van der Waals surface area (Å²) in [4.78, 5) is 17.3. The average molecular weight is 430 g/mol. The summed E-state index contributed by atoms with van der Waals surface area (Å²) in [6.07, 6.45) is 1.78. The molecule has 156 valence electrons. The maximum absolute atomic E-state index is 5.45. The molecule has 4 aromatic rings. The Morgan fingerprint density at radius 3 is 2.48 bits per heavy atom. The first-order chi connectivity index (χ1) is 15.3. The van der Waals surface area contributed by atoms with E-state index in [0.29, 0.717) is 5.95 Å². The van der Waals surface area contributed by atoms with Crippen molar-refractivity contribution in [3.63, 3.8) is 0 Å². The van der Waals surface area contributed by atoms with Crippen LogP contribution in [0.2, 0.25) is 0 Å². The third-order valence-electron chi connectivity index (χ3n) is 5.21. The van der Waals surface area contributed by atoms with Crippen molar-refractivity contribution in [2.75, 3.05) is 36.5 Å². The summed E-state index contributed by atoms with van der Waals surface area (Å²) in [6, 6.07) is 20.5. The van der Waals surface area contributed by atoms with Crippen molar-refractivity contribution >= 4 is 28.7 Å². The van der Waals surface area contributed by atoms with E-state index in [1.54, 1.807) is 17.5 Å². The molecule has 0 bridgehead atoms. The molecule has 0 saturated carbocycles. The Kier molecular flexibility index (Phi) is 5.60. The second kappa shape index (κ2) is 8.83. The number of rotatable bonds is 5. The molecule has 2 aromatic heterocycles. The smallest absolute Gasteiger partial charge is 0.227 e. The summed E-state index contributed by atoms with van der Waals surface area (Å²) in [7, 11) is 0. The Labute approximate surface area is 185 Å². The van der Waals surface area contributed by atoms with Gasteiger partial charge < -0.3 is 15.0 Å². The minimum absolute atomic E-state index is 0.577. The molecule has 2 aromatic carbocycles. The number of hydrogen-bond donors (Lipinski definition) is 1. The topological polar surface area (TPSA) is 63.2 Å². The Morgan fingerprint density at radius 2 is 1.71 bits per heavy atom. The predicted octanol–water partition coefficient (Wildman–Crippen LogP) is 5.16. The van der Waals surface area contributed by atoms with Crippen LogP contribution in [0.3, 0.4) is 0 Å². The van der Waals surface area contributed by atoms with E-state index >= 15 is 0 Å². The van der Waals surface area contributed by atoms with Crippen LogP contribution in [0.25, 0.3) is 21.1 Å². The SMILES string of the molecule is Cc1nc(-c2ccc(N3CCOCC3)cc2)sc1-c1ccnc(Nc2ccccc2)n1. The van der Waals surface area contributed by atoms with Crippen molar-refractivity contribution in [3.8, 4) is 21.1 Å². The van der Waals surface area contributed by atoms with Crippen LogP contribution in [0.5, 0.6) is 0 Å². The van der Waals surface area contributed by atoms with Crippen LogP contribution in [-0.4, -0.2) is 41.3 Å². The molecule has 0 spiro atoms. The molecule has 0 aliphatic carbocycles. The molecule has 1 aliphatic rings. The molecular formula is C24H23N5OS. The fraction of sp³-hybridized carbons (Fsp3) is 0.208. The van der Waals surface area contributed by atoms with E-state index in [0.717, 1.165) is 58.8 Å². The van der Waals surface area contributed by atoms with Gasteiger partial charge in [-0.15, -0.1) is 11.3 Å². The van der Waals surface area contributed by atoms with E-state index in [1.807, 2.05) is 43.3 Å². The number of aryl methyl sites for hydroxylation is 1. The summed E-state index contributed by atoms with van der Waals surface area (Å²) in [6.45, 7) is 5.48. The number of anilines is 3. The van der Waals surface area contributed by atoms with Gasteiger partial charge in [0.15, 0.2) is 0 Å². The lowest BCUT2D eigenvalue weighted by Gasteiger charge is -2.28. The van der Waals surface area contributed by atoms with Crippen LogP contribution in [0.1, 0.15) is 5.69 Å². The van der Waals surface area contributed by atoms with Crippen molar-refractivity contribution < 1.29 is 4.74 Å². The molecule has 7 heteroatoms. The Hall–Kier alpha value is -3.29. The molecule has 6 nitrogen and oxygen atoms in total. The van der Waals surface area contributed by atoms with Gasteiger partial charge in [-0.25, -0.2) is 15.0 Å². The highest BCUT2D eigenvalue weighted by Gasteiger charge is 2.15. The number of morpholine rings is 1. The second-order valence-electron chi connectivity index (χ2n) is 7.34. The molecule has 5 rings (SSSR count). The summed E-state index contributed by atoms with van der Waals surface area (Å²) in [5, 5.41) is 4.26. The van der Waals surface area contributed by atoms with Gasteiger partial charge in [-0.1, -0.05) is 18.2 Å². The predicted molar refractivity (Wildman–Crippen MR) is 126 cm³/mol. The first kappa shape index (κ1) is 19.7. The Balaban J connectivity index is 1.38. The number of nitrogens with zero attached hydrogens (tertiary/aromatic N) is 4. The van der Waals surface area contributed by atoms with Gasteiger partial charge >= 0.3 is 0 Å². The van der Waals surface area contributed by atoms with Crippen LogP contribution in [0.4, 0.5) is 17.3 Å². The van der Waals surface area contributed by atoms with Crippen LogP contribution < -0.4 is 10.2 Å². The summed E-state index contributed by atoms with van der Waals surface area (Å²) < 4.78 is 5.45. The number of aromatic nitrogens is 3. The molecule has 31 heavy (non-hydrogen) atoms. The Bertz CT molecular complexity index is 1150. The second-order valence-corrected chi connectivity index (χ2v) is 8.34. The third-order valence-corrected chi connectivity index (χ3v) is 6.43. The van der Waals surface area contributed by atoms with Gasteiger partial charge in [0.25, 0.3) is 0 Å². The molecular weight excluding hydrogens is 406 g/mol. The fourth-order valence-corrected chi connectivity index (χ4v) is 4.63. The zero-order valence-corrected chi connectivity index (χ0v) is 18.1. The summed E-state index contributed by atoms with van der Waals surface area (Å²) >= 11 is 1.66. The van der Waals surface area contributed by atoms with Crippen molar-refractivity contribution in [2.45, 2.75) is 6.92 Å². The van der Waals surface area contributed by atoms with E-state index in [-0.39, 0.29) is 0 Å². The van der Waals surface area contributed by atoms with E-state index in [4.69, 9.17) is 14.7 Å². The first-order valence-corrected chi connectivity index (χ1v) is 11.1. The van der Waals surface area contributed by atoms with Crippen LogP contribution >= 0.6 is 11.3 Å². The van der Waals surface area contributed by atoms with Crippen molar-refractivity contribution in [1.82, 2.24) is 15.0 Å². The fourth-order valence-electron chi connectivity index (χ4n) is 3.59. The highest BCUT2D eigenvalue weighted by molar-refractivity contribution is 7.18. The standard InChI is InChI=1S/C24H23N5OS/c1-17-22(21-11-12-25-24(28-21)27-19-5-3-2-4-6-19)31-23(26-17)18-7-9-20(10-8-18)29-13-15-30-16-14-29/h2-12H,13-16H2,1H3,(H,25,27,28). The van der Waals surface area contributed by atoms with Crippen molar-refractivity contribution in [3.05, 3.63) is 72.6 Å². The third kappa shape index (κ3) is 4.42. The normalized spacial score (nSPS) is 13.9. The Morgan fingerprint density at radius 1 is 0.935 bits per heavy atom. The summed E-state index contributed by atoms with van der Waals surface area (Å²) in [5.74, 6) is 0.577. The monoisotopic (exact) mass is 429 g/mol. The van der Waals surface area contributed by atoms with Crippen molar-refractivity contribution in [1.29, 1.82) is 0 Å². The number of thiazole rings is 1. The molecule has 3 heterocycles. The number of hydrogen-bond acceptors (Lipinski definition) is 7. The average Bonchev–Trinajstić information content (AvgIpc) is 3.22. The quantitative estimate of drug-likeness (QED) is 0.473. The lowest BCUT2D eigenvalue weighted by molar-refractivity contribution is 0.122. The van der Waals surface area contributed by atoms with Crippen LogP contribution in [0.15, 0.2) is 66.9 Å². The van der Waals surface area contributed by atoms with Gasteiger partial charge in [0.1, 0.15) is 5.01 Å². The van der Waals surface area contributed by atoms with Gasteiger partial charge in [-0.2, -0.15) is 0 Å². The largest absolute Gasteiger partial charge is 0.378 e. The number of ether oxygens (including phenoxy) is 1. The van der Waals surface area contributed by atoms with Gasteiger partial charge in [0.05, 0.1) is 29.5 Å². The molecule has 0 amide bonds. The van der Waals surface area contributed by atoms with Crippen LogP contribution in [-0.2, 0) is 4.74 Å².